The van der Waals surface area contributed by atoms with Gasteiger partial charge in [-0.15, -0.1) is 11.3 Å². The molecule has 5 rings (SSSR count). The van der Waals surface area contributed by atoms with Crippen LogP contribution in [0.3, 0.4) is 0 Å². The highest BCUT2D eigenvalue weighted by Gasteiger charge is 2.41. The number of hydrogen-bond donors (Lipinski definition) is 0. The monoisotopic (exact) mass is 478 g/mol. The molecule has 0 fully saturated rings. The molecule has 5 aromatic rings. The summed E-state index contributed by atoms with van der Waals surface area (Å²) in [6, 6.07) is 13.6. The third-order valence-corrected chi connectivity index (χ3v) is 7.18. The predicted octanol–water partition coefficient (Wildman–Crippen LogP) is 5.62. The van der Waals surface area contributed by atoms with E-state index in [0.29, 0.717) is 32.9 Å². The van der Waals surface area contributed by atoms with E-state index in [2.05, 4.69) is 4.98 Å². The zero-order valence-corrected chi connectivity index (χ0v) is 19.8. The summed E-state index contributed by atoms with van der Waals surface area (Å²) < 4.78 is 20.4. The number of thiophene rings is 1. The molecule has 1 atom stereocenters. The molecule has 0 saturated heterocycles. The third-order valence-electron chi connectivity index (χ3n) is 5.85. The van der Waals surface area contributed by atoms with Crippen molar-refractivity contribution < 1.29 is 4.39 Å². The Morgan fingerprint density at radius 3 is 2.48 bits per heavy atom. The number of benzene rings is 1. The molecule has 0 aliphatic heterocycles. The summed E-state index contributed by atoms with van der Waals surface area (Å²) in [7, 11) is 3.44. The van der Waals surface area contributed by atoms with Crippen LogP contribution in [-0.2, 0) is 19.8 Å². The van der Waals surface area contributed by atoms with Gasteiger partial charge in [-0.3, -0.25) is 4.79 Å². The number of aryl methyl sites for hydroxylation is 3. The van der Waals surface area contributed by atoms with Gasteiger partial charge in [0.1, 0.15) is 0 Å². The number of halogens is 2. The molecule has 8 heteroatoms. The van der Waals surface area contributed by atoms with Crippen molar-refractivity contribution in [1.82, 2.24) is 19.1 Å². The Bertz CT molecular complexity index is 1550. The molecule has 1 aromatic carbocycles. The molecule has 4 aromatic heterocycles. The van der Waals surface area contributed by atoms with Gasteiger partial charge in [-0.25, -0.2) is 14.4 Å². The zero-order chi connectivity index (χ0) is 23.3. The molecule has 0 spiro atoms. The molecule has 166 valence electrons. The Kier molecular flexibility index (Phi) is 5.18. The maximum Gasteiger partial charge on any atom is 0.251 e. The summed E-state index contributed by atoms with van der Waals surface area (Å²) in [5, 5.41) is 2.54. The number of fused-ring (bicyclic) bond motifs is 1. The second kappa shape index (κ2) is 7.93. The molecular formula is C25H20ClFN4OS. The highest BCUT2D eigenvalue weighted by atomic mass is 35.5. The lowest BCUT2D eigenvalue weighted by molar-refractivity contribution is 0.260. The van der Waals surface area contributed by atoms with Gasteiger partial charge in [0.25, 0.3) is 5.56 Å². The molecule has 1 unspecified atom stereocenters. The van der Waals surface area contributed by atoms with Crippen molar-refractivity contribution in [3.63, 3.8) is 0 Å². The first kappa shape index (κ1) is 21.6. The highest BCUT2D eigenvalue weighted by molar-refractivity contribution is 7.13. The van der Waals surface area contributed by atoms with E-state index in [4.69, 9.17) is 16.6 Å². The van der Waals surface area contributed by atoms with Crippen LogP contribution in [0.15, 0.2) is 71.2 Å². The molecule has 0 N–H and O–H groups in total. The van der Waals surface area contributed by atoms with E-state index in [-0.39, 0.29) is 11.3 Å². The Balaban J connectivity index is 1.83. The van der Waals surface area contributed by atoms with Gasteiger partial charge >= 0.3 is 0 Å². The molecule has 0 bridgehead atoms. The van der Waals surface area contributed by atoms with Crippen LogP contribution in [0.5, 0.6) is 0 Å². The normalized spacial score (nSPS) is 13.4. The number of rotatable bonds is 4. The summed E-state index contributed by atoms with van der Waals surface area (Å²) in [6.45, 7) is 2.00. The van der Waals surface area contributed by atoms with Crippen LogP contribution in [0.2, 0.25) is 5.02 Å². The molecule has 0 aliphatic carbocycles. The minimum Gasteiger partial charge on any atom is -0.334 e. The van der Waals surface area contributed by atoms with Crippen LogP contribution in [-0.4, -0.2) is 19.1 Å². The van der Waals surface area contributed by atoms with Crippen molar-refractivity contribution in [2.24, 2.45) is 14.1 Å². The number of aromatic nitrogens is 4. The lowest BCUT2D eigenvalue weighted by Crippen LogP contribution is -2.28. The average Bonchev–Trinajstić information content (AvgIpc) is 3.44. The van der Waals surface area contributed by atoms with Gasteiger partial charge in [0.15, 0.2) is 0 Å². The molecule has 5 nitrogen and oxygen atoms in total. The van der Waals surface area contributed by atoms with Gasteiger partial charge in [-0.05, 0) is 48.2 Å². The first-order valence-corrected chi connectivity index (χ1v) is 11.5. The zero-order valence-electron chi connectivity index (χ0n) is 18.2. The van der Waals surface area contributed by atoms with Crippen LogP contribution in [0.1, 0.15) is 22.5 Å². The molecule has 0 saturated carbocycles. The predicted molar refractivity (Wildman–Crippen MR) is 131 cm³/mol. The van der Waals surface area contributed by atoms with Crippen LogP contribution in [0.4, 0.5) is 4.39 Å². The topological polar surface area (TPSA) is 52.7 Å². The van der Waals surface area contributed by atoms with Crippen LogP contribution in [0, 0.1) is 6.92 Å². The van der Waals surface area contributed by atoms with Gasteiger partial charge in [0.05, 0.1) is 34.9 Å². The Labute approximate surface area is 198 Å². The Hall–Kier alpha value is -3.29. The van der Waals surface area contributed by atoms with Crippen molar-refractivity contribution in [3.8, 4) is 10.4 Å². The molecule has 0 amide bonds. The van der Waals surface area contributed by atoms with Crippen molar-refractivity contribution in [1.29, 1.82) is 0 Å². The van der Waals surface area contributed by atoms with E-state index in [1.54, 1.807) is 67.5 Å². The van der Waals surface area contributed by atoms with Crippen molar-refractivity contribution >= 4 is 34.0 Å². The van der Waals surface area contributed by atoms with Gasteiger partial charge in [-0.2, -0.15) is 0 Å². The largest absolute Gasteiger partial charge is 0.334 e. The van der Waals surface area contributed by atoms with E-state index >= 15 is 4.39 Å². The van der Waals surface area contributed by atoms with Crippen molar-refractivity contribution in [2.45, 2.75) is 12.6 Å². The van der Waals surface area contributed by atoms with E-state index in [9.17, 15) is 4.79 Å². The number of hydrogen-bond acceptors (Lipinski definition) is 4. The fraction of sp³-hybridized carbons (Fsp3) is 0.160. The quantitative estimate of drug-likeness (QED) is 0.337. The van der Waals surface area contributed by atoms with Gasteiger partial charge in [0.2, 0.25) is 5.67 Å². The molecule has 0 aliphatic rings. The second-order valence-electron chi connectivity index (χ2n) is 8.06. The van der Waals surface area contributed by atoms with Crippen molar-refractivity contribution in [2.75, 3.05) is 0 Å². The summed E-state index contributed by atoms with van der Waals surface area (Å²) in [6.07, 6.45) is 3.06. The minimum absolute atomic E-state index is 0.144. The van der Waals surface area contributed by atoms with Crippen LogP contribution < -0.4 is 5.56 Å². The first-order valence-electron chi connectivity index (χ1n) is 10.3. The standard InChI is InChI=1S/C25H20ClFN4OS/c1-15-10-20(33-13-15)18-11-23(32)31(3)19-8-9-21(29-24(18)19)25(27,22-12-28-14-30(22)2)16-4-6-17(26)7-5-16/h4-14H,1-3H3. The average molecular weight is 479 g/mol. The summed E-state index contributed by atoms with van der Waals surface area (Å²) in [4.78, 5) is 22.5. The molecule has 4 heterocycles. The Morgan fingerprint density at radius 1 is 1.09 bits per heavy atom. The minimum atomic E-state index is -2.08. The third kappa shape index (κ3) is 3.48. The maximum atomic E-state index is 17.2. The fourth-order valence-corrected chi connectivity index (χ4v) is 5.12. The lowest BCUT2D eigenvalue weighted by atomic mass is 9.88. The Morgan fingerprint density at radius 2 is 1.85 bits per heavy atom. The second-order valence-corrected chi connectivity index (χ2v) is 9.41. The molecule has 0 radical (unpaired) electrons. The van der Waals surface area contributed by atoms with E-state index < -0.39 is 5.67 Å². The number of imidazole rings is 1. The van der Waals surface area contributed by atoms with Gasteiger partial charge < -0.3 is 9.13 Å². The number of pyridine rings is 2. The number of nitrogens with zero attached hydrogens (tertiary/aromatic N) is 4. The fourth-order valence-electron chi connectivity index (χ4n) is 4.08. The molecular weight excluding hydrogens is 459 g/mol. The van der Waals surface area contributed by atoms with E-state index in [1.165, 1.54) is 22.1 Å². The summed E-state index contributed by atoms with van der Waals surface area (Å²) in [5.41, 5.74) is 1.69. The number of alkyl halides is 1. The smallest absolute Gasteiger partial charge is 0.251 e. The van der Waals surface area contributed by atoms with Crippen molar-refractivity contribution in [3.05, 3.63) is 104 Å². The first-order chi connectivity index (χ1) is 15.8. The van der Waals surface area contributed by atoms with Crippen LogP contribution in [0.25, 0.3) is 21.5 Å². The lowest BCUT2D eigenvalue weighted by Gasteiger charge is -2.26. The summed E-state index contributed by atoms with van der Waals surface area (Å²) >= 11 is 7.61. The van der Waals surface area contributed by atoms with Gasteiger partial charge in [-0.1, -0.05) is 23.7 Å². The van der Waals surface area contributed by atoms with Gasteiger partial charge in [0, 0.05) is 41.2 Å². The highest BCUT2D eigenvalue weighted by Crippen LogP contribution is 2.41. The van der Waals surface area contributed by atoms with Crippen LogP contribution >= 0.6 is 22.9 Å². The SMILES string of the molecule is Cc1csc(-c2cc(=O)n(C)c3ccc(C(F)(c4ccc(Cl)cc4)c4cncn4C)nc23)c1. The summed E-state index contributed by atoms with van der Waals surface area (Å²) in [5.74, 6) is 0. The van der Waals surface area contributed by atoms with E-state index in [0.717, 1.165) is 10.4 Å². The van der Waals surface area contributed by atoms with E-state index in [1.807, 2.05) is 18.4 Å². The maximum absolute atomic E-state index is 17.2. The molecule has 33 heavy (non-hydrogen) atoms.